The molecule has 4 heteroatoms. The number of aliphatic hydroxyl groups excluding tert-OH is 1. The quantitative estimate of drug-likeness (QED) is 0.614. The second-order valence-electron chi connectivity index (χ2n) is 6.37. The van der Waals surface area contributed by atoms with Crippen molar-refractivity contribution in [3.8, 4) is 5.75 Å². The van der Waals surface area contributed by atoms with Crippen LogP contribution in [0.5, 0.6) is 5.75 Å². The molecule has 1 unspecified atom stereocenters. The SMILES string of the molecule is CC/C(O)=C1\C(=O)CC(c2ccccc2)CC1=Nc1ccc(OC)cc1. The highest BCUT2D eigenvalue weighted by Gasteiger charge is 2.32. The maximum atomic E-state index is 12.8. The van der Waals surface area contributed by atoms with Crippen LogP contribution in [0.1, 0.15) is 37.7 Å². The molecule has 1 saturated carbocycles. The molecule has 0 heterocycles. The van der Waals surface area contributed by atoms with Crippen LogP contribution in [0.4, 0.5) is 5.69 Å². The highest BCUT2D eigenvalue weighted by molar-refractivity contribution is 6.25. The number of ether oxygens (including phenoxy) is 1. The summed E-state index contributed by atoms with van der Waals surface area (Å²) >= 11 is 0. The minimum atomic E-state index is -0.0447. The fourth-order valence-corrected chi connectivity index (χ4v) is 3.27. The van der Waals surface area contributed by atoms with Crippen LogP contribution in [-0.2, 0) is 4.79 Å². The Morgan fingerprint density at radius 3 is 2.42 bits per heavy atom. The second-order valence-corrected chi connectivity index (χ2v) is 6.37. The number of aliphatic imine (C=N–C) groups is 1. The van der Waals surface area contributed by atoms with E-state index in [0.717, 1.165) is 17.0 Å². The van der Waals surface area contributed by atoms with Crippen LogP contribution in [0, 0.1) is 0 Å². The average molecular weight is 349 g/mol. The molecular weight excluding hydrogens is 326 g/mol. The van der Waals surface area contributed by atoms with Crippen LogP contribution in [0.15, 0.2) is 70.9 Å². The van der Waals surface area contributed by atoms with Gasteiger partial charge in [-0.05, 0) is 42.2 Å². The minimum Gasteiger partial charge on any atom is -0.512 e. The smallest absolute Gasteiger partial charge is 0.168 e. The molecule has 1 aliphatic carbocycles. The molecule has 0 aliphatic heterocycles. The Hall–Kier alpha value is -2.88. The topological polar surface area (TPSA) is 58.9 Å². The van der Waals surface area contributed by atoms with E-state index in [2.05, 4.69) is 0 Å². The lowest BCUT2D eigenvalue weighted by Gasteiger charge is -2.25. The van der Waals surface area contributed by atoms with Crippen LogP contribution in [0.3, 0.4) is 0 Å². The summed E-state index contributed by atoms with van der Waals surface area (Å²) < 4.78 is 5.18. The molecule has 26 heavy (non-hydrogen) atoms. The van der Waals surface area contributed by atoms with Crippen molar-refractivity contribution in [2.75, 3.05) is 7.11 Å². The Morgan fingerprint density at radius 1 is 1.12 bits per heavy atom. The molecule has 0 radical (unpaired) electrons. The minimum absolute atomic E-state index is 0.0447. The van der Waals surface area contributed by atoms with Crippen molar-refractivity contribution in [3.05, 3.63) is 71.5 Å². The summed E-state index contributed by atoms with van der Waals surface area (Å²) in [5, 5.41) is 10.3. The molecule has 3 rings (SSSR count). The van der Waals surface area contributed by atoms with E-state index in [1.54, 1.807) is 7.11 Å². The number of hydrogen-bond acceptors (Lipinski definition) is 4. The Bertz CT molecular complexity index is 835. The normalized spacial score (nSPS) is 20.9. The largest absolute Gasteiger partial charge is 0.512 e. The van der Waals surface area contributed by atoms with Gasteiger partial charge in [0.25, 0.3) is 0 Å². The number of carbonyl (C=O) groups excluding carboxylic acids is 1. The van der Waals surface area contributed by atoms with Crippen molar-refractivity contribution in [1.29, 1.82) is 0 Å². The van der Waals surface area contributed by atoms with E-state index in [9.17, 15) is 9.90 Å². The molecule has 2 aromatic rings. The van der Waals surface area contributed by atoms with Gasteiger partial charge in [0.15, 0.2) is 5.78 Å². The molecule has 1 fully saturated rings. The first-order chi connectivity index (χ1) is 12.6. The molecule has 0 aromatic heterocycles. The number of allylic oxidation sites excluding steroid dienone is 2. The van der Waals surface area contributed by atoms with Crippen molar-refractivity contribution >= 4 is 17.2 Å². The molecule has 1 aliphatic rings. The molecule has 0 spiro atoms. The van der Waals surface area contributed by atoms with E-state index in [0.29, 0.717) is 30.5 Å². The maximum Gasteiger partial charge on any atom is 0.168 e. The molecule has 2 aromatic carbocycles. The van der Waals surface area contributed by atoms with Gasteiger partial charge in [0, 0.05) is 12.8 Å². The third kappa shape index (κ3) is 3.85. The lowest BCUT2D eigenvalue weighted by Crippen LogP contribution is -2.26. The van der Waals surface area contributed by atoms with Gasteiger partial charge in [-0.3, -0.25) is 9.79 Å². The highest BCUT2D eigenvalue weighted by atomic mass is 16.5. The van der Waals surface area contributed by atoms with Crippen LogP contribution >= 0.6 is 0 Å². The summed E-state index contributed by atoms with van der Waals surface area (Å²) in [4.78, 5) is 17.5. The van der Waals surface area contributed by atoms with Crippen LogP contribution in [0.25, 0.3) is 0 Å². The summed E-state index contributed by atoms with van der Waals surface area (Å²) in [5.74, 6) is 0.905. The van der Waals surface area contributed by atoms with E-state index in [-0.39, 0.29) is 17.5 Å². The van der Waals surface area contributed by atoms with Gasteiger partial charge in [-0.25, -0.2) is 0 Å². The molecular formula is C22H23NO3. The van der Waals surface area contributed by atoms with Gasteiger partial charge < -0.3 is 9.84 Å². The summed E-state index contributed by atoms with van der Waals surface area (Å²) in [6, 6.07) is 17.4. The van der Waals surface area contributed by atoms with Crippen LogP contribution in [-0.4, -0.2) is 23.7 Å². The van der Waals surface area contributed by atoms with Gasteiger partial charge in [-0.1, -0.05) is 37.3 Å². The summed E-state index contributed by atoms with van der Waals surface area (Å²) in [5.41, 5.74) is 2.90. The Morgan fingerprint density at radius 2 is 1.81 bits per heavy atom. The van der Waals surface area contributed by atoms with Gasteiger partial charge >= 0.3 is 0 Å². The average Bonchev–Trinajstić information content (AvgIpc) is 2.68. The maximum absolute atomic E-state index is 12.8. The zero-order valence-electron chi connectivity index (χ0n) is 15.1. The number of benzene rings is 2. The first-order valence-corrected chi connectivity index (χ1v) is 8.84. The number of Topliss-reactive ketones (excluding diaryl/α,β-unsaturated/α-hetero) is 1. The molecule has 0 saturated heterocycles. The predicted molar refractivity (Wildman–Crippen MR) is 103 cm³/mol. The number of methoxy groups -OCH3 is 1. The number of nitrogens with zero attached hydrogens (tertiary/aromatic N) is 1. The highest BCUT2D eigenvalue weighted by Crippen LogP contribution is 2.34. The fourth-order valence-electron chi connectivity index (χ4n) is 3.27. The first-order valence-electron chi connectivity index (χ1n) is 8.84. The second kappa shape index (κ2) is 8.00. The van der Waals surface area contributed by atoms with Crippen molar-refractivity contribution < 1.29 is 14.6 Å². The molecule has 4 nitrogen and oxygen atoms in total. The lowest BCUT2D eigenvalue weighted by molar-refractivity contribution is -0.115. The lowest BCUT2D eigenvalue weighted by atomic mass is 9.79. The summed E-state index contributed by atoms with van der Waals surface area (Å²) in [6.45, 7) is 1.84. The standard InChI is InChI=1S/C22H23NO3/c1-3-20(24)22-19(23-17-9-11-18(26-2)12-10-17)13-16(14-21(22)25)15-7-5-4-6-8-15/h4-12,16,24H,3,13-14H2,1-2H3/b22-20+,23-19?. The van der Waals surface area contributed by atoms with Crippen molar-refractivity contribution in [2.24, 2.45) is 4.99 Å². The third-order valence-electron chi connectivity index (χ3n) is 4.67. The fraction of sp³-hybridized carbons (Fsp3) is 0.273. The summed E-state index contributed by atoms with van der Waals surface area (Å²) in [7, 11) is 1.62. The van der Waals surface area contributed by atoms with Gasteiger partial charge in [0.1, 0.15) is 11.5 Å². The van der Waals surface area contributed by atoms with Gasteiger partial charge in [0.2, 0.25) is 0 Å². The van der Waals surface area contributed by atoms with E-state index >= 15 is 0 Å². The van der Waals surface area contributed by atoms with E-state index in [4.69, 9.17) is 9.73 Å². The number of aliphatic hydroxyl groups is 1. The zero-order chi connectivity index (χ0) is 18.5. The Balaban J connectivity index is 2.00. The Labute approximate surface area is 153 Å². The zero-order valence-corrected chi connectivity index (χ0v) is 15.1. The number of hydrogen-bond donors (Lipinski definition) is 1. The summed E-state index contributed by atoms with van der Waals surface area (Å²) in [6.07, 6.45) is 1.44. The number of carbonyl (C=O) groups is 1. The first kappa shape index (κ1) is 17.9. The van der Waals surface area contributed by atoms with Gasteiger partial charge in [0.05, 0.1) is 24.1 Å². The van der Waals surface area contributed by atoms with Crippen molar-refractivity contribution in [2.45, 2.75) is 32.1 Å². The van der Waals surface area contributed by atoms with Crippen LogP contribution < -0.4 is 4.74 Å². The number of ketones is 1. The van der Waals surface area contributed by atoms with E-state index in [1.807, 2.05) is 61.5 Å². The van der Waals surface area contributed by atoms with E-state index in [1.165, 1.54) is 0 Å². The Kier molecular flexibility index (Phi) is 5.52. The monoisotopic (exact) mass is 349 g/mol. The van der Waals surface area contributed by atoms with Gasteiger partial charge in [-0.15, -0.1) is 0 Å². The molecule has 1 N–H and O–H groups in total. The predicted octanol–water partition coefficient (Wildman–Crippen LogP) is 5.14. The van der Waals surface area contributed by atoms with E-state index < -0.39 is 0 Å². The third-order valence-corrected chi connectivity index (χ3v) is 4.67. The molecule has 0 amide bonds. The molecule has 0 bridgehead atoms. The van der Waals surface area contributed by atoms with Crippen molar-refractivity contribution in [1.82, 2.24) is 0 Å². The number of rotatable bonds is 4. The molecule has 134 valence electrons. The van der Waals surface area contributed by atoms with Gasteiger partial charge in [-0.2, -0.15) is 0 Å². The van der Waals surface area contributed by atoms with Crippen LogP contribution in [0.2, 0.25) is 0 Å². The van der Waals surface area contributed by atoms with Crippen molar-refractivity contribution in [3.63, 3.8) is 0 Å². The molecule has 1 atom stereocenters.